The smallest absolute Gasteiger partial charge is 0.415 e. The van der Waals surface area contributed by atoms with E-state index in [0.29, 0.717) is 22.0 Å². The highest BCUT2D eigenvalue weighted by atomic mass is 16.4. The minimum atomic E-state index is -1.11. The van der Waals surface area contributed by atoms with Crippen LogP contribution in [-0.2, 0) is 0 Å². The van der Waals surface area contributed by atoms with Gasteiger partial charge in [-0.15, -0.1) is 0 Å². The molecule has 0 aliphatic rings. The fraction of sp³-hybridized carbons (Fsp3) is 0.150. The van der Waals surface area contributed by atoms with E-state index in [1.807, 2.05) is 13.8 Å². The number of phenols is 2. The number of carboxylic acid groups (broad SMARTS) is 1. The first-order chi connectivity index (χ1) is 13.8. The fourth-order valence-electron chi connectivity index (χ4n) is 3.33. The van der Waals surface area contributed by atoms with Crippen LogP contribution in [0.15, 0.2) is 47.5 Å². The van der Waals surface area contributed by atoms with Crippen LogP contribution in [0.3, 0.4) is 0 Å². The Balaban J connectivity index is 1.92. The number of hydrogen-bond donors (Lipinski definition) is 4. The van der Waals surface area contributed by atoms with E-state index in [1.165, 1.54) is 23.0 Å². The summed E-state index contributed by atoms with van der Waals surface area (Å²) in [5.74, 6) is -0.0978. The zero-order valence-corrected chi connectivity index (χ0v) is 15.6. The number of fused-ring (bicyclic) bond motifs is 1. The van der Waals surface area contributed by atoms with Crippen molar-refractivity contribution in [2.75, 3.05) is 0 Å². The summed E-state index contributed by atoms with van der Waals surface area (Å²) < 4.78 is 2.32. The van der Waals surface area contributed by atoms with Crippen molar-refractivity contribution in [2.24, 2.45) is 0 Å². The quantitative estimate of drug-likeness (QED) is 0.421. The molecule has 9 nitrogen and oxygen atoms in total. The molecule has 2 heterocycles. The van der Waals surface area contributed by atoms with Crippen LogP contribution in [-0.4, -0.2) is 40.7 Å². The Labute approximate surface area is 164 Å². The van der Waals surface area contributed by atoms with Crippen molar-refractivity contribution < 1.29 is 20.1 Å². The molecular formula is C20H18N4O5. The molecule has 4 N–H and O–H groups in total. The van der Waals surface area contributed by atoms with E-state index in [1.54, 1.807) is 24.3 Å². The second-order valence-electron chi connectivity index (χ2n) is 7.03. The molecule has 2 aromatic heterocycles. The Morgan fingerprint density at radius 3 is 2.48 bits per heavy atom. The largest absolute Gasteiger partial charge is 0.508 e. The molecule has 0 amide bonds. The molecule has 4 rings (SSSR count). The van der Waals surface area contributed by atoms with Crippen molar-refractivity contribution in [3.05, 3.63) is 58.8 Å². The van der Waals surface area contributed by atoms with Gasteiger partial charge in [-0.05, 0) is 29.7 Å². The minimum Gasteiger partial charge on any atom is -0.508 e. The summed E-state index contributed by atoms with van der Waals surface area (Å²) in [6.07, 6.45) is 1.81. The van der Waals surface area contributed by atoms with Crippen LogP contribution in [0.1, 0.15) is 25.3 Å². The van der Waals surface area contributed by atoms with Gasteiger partial charge in [0.25, 0.3) is 0 Å². The molecule has 4 aromatic rings. The topological polar surface area (TPSA) is 133 Å². The molecule has 0 radical (unpaired) electrons. The van der Waals surface area contributed by atoms with Gasteiger partial charge in [-0.25, -0.2) is 19.3 Å². The molecule has 0 atom stereocenters. The van der Waals surface area contributed by atoms with E-state index >= 15 is 0 Å². The lowest BCUT2D eigenvalue weighted by atomic mass is 9.98. The van der Waals surface area contributed by atoms with Crippen LogP contribution in [0.5, 0.6) is 11.5 Å². The third-order valence-corrected chi connectivity index (χ3v) is 4.79. The number of phenolic OH excluding ortho intramolecular Hbond substituents is 2. The fourth-order valence-corrected chi connectivity index (χ4v) is 3.33. The van der Waals surface area contributed by atoms with Gasteiger partial charge in [0, 0.05) is 29.2 Å². The average molecular weight is 394 g/mol. The predicted molar refractivity (Wildman–Crippen MR) is 106 cm³/mol. The second kappa shape index (κ2) is 6.55. The van der Waals surface area contributed by atoms with E-state index in [2.05, 4.69) is 10.2 Å². The molecule has 0 spiro atoms. The van der Waals surface area contributed by atoms with Gasteiger partial charge in [-0.1, -0.05) is 19.9 Å². The molecule has 0 unspecified atom stereocenters. The van der Waals surface area contributed by atoms with Gasteiger partial charge in [-0.3, -0.25) is 4.57 Å². The highest BCUT2D eigenvalue weighted by Gasteiger charge is 2.20. The number of carbonyl (C=O) groups is 1. The number of aromatic hydroxyl groups is 2. The first-order valence-electron chi connectivity index (χ1n) is 8.85. The zero-order chi connectivity index (χ0) is 20.9. The molecule has 0 saturated carbocycles. The van der Waals surface area contributed by atoms with Crippen LogP contribution < -0.4 is 5.69 Å². The van der Waals surface area contributed by atoms with Crippen LogP contribution in [0, 0.1) is 0 Å². The van der Waals surface area contributed by atoms with Gasteiger partial charge in [0.1, 0.15) is 11.5 Å². The molecule has 148 valence electrons. The molecule has 29 heavy (non-hydrogen) atoms. The van der Waals surface area contributed by atoms with E-state index in [-0.39, 0.29) is 28.8 Å². The number of hydrogen-bond acceptors (Lipinski definition) is 5. The number of benzene rings is 2. The summed E-state index contributed by atoms with van der Waals surface area (Å²) >= 11 is 0. The minimum absolute atomic E-state index is 0.0133. The molecule has 0 aliphatic heterocycles. The van der Waals surface area contributed by atoms with E-state index in [9.17, 15) is 19.8 Å². The van der Waals surface area contributed by atoms with Crippen molar-refractivity contribution >= 4 is 16.9 Å². The summed E-state index contributed by atoms with van der Waals surface area (Å²) in [6.45, 7) is 3.79. The van der Waals surface area contributed by atoms with Gasteiger partial charge < -0.3 is 15.3 Å². The van der Waals surface area contributed by atoms with Gasteiger partial charge >= 0.3 is 11.8 Å². The standard InChI is InChI=1S/C20H18N4O5/c1-10(2)14-6-15(17(26)7-16(14)25)18-21-22-19(27)24(18)13-4-3-11-8-23(20(28)29)9-12(11)5-13/h3-10,25-26H,1-2H3,(H,22,27)(H,28,29). The van der Waals surface area contributed by atoms with Crippen LogP contribution in [0.4, 0.5) is 4.79 Å². The van der Waals surface area contributed by atoms with Crippen molar-refractivity contribution in [3.63, 3.8) is 0 Å². The number of rotatable bonds is 3. The molecular weight excluding hydrogens is 376 g/mol. The molecule has 2 aromatic carbocycles. The molecule has 0 saturated heterocycles. The van der Waals surface area contributed by atoms with Gasteiger partial charge in [0.2, 0.25) is 0 Å². The van der Waals surface area contributed by atoms with Gasteiger partial charge in [0.15, 0.2) is 5.82 Å². The van der Waals surface area contributed by atoms with Crippen molar-refractivity contribution in [1.82, 2.24) is 19.3 Å². The molecule has 9 heteroatoms. The van der Waals surface area contributed by atoms with Crippen molar-refractivity contribution in [1.29, 1.82) is 0 Å². The molecule has 0 bridgehead atoms. The third-order valence-electron chi connectivity index (χ3n) is 4.79. The third kappa shape index (κ3) is 3.02. The van der Waals surface area contributed by atoms with Gasteiger partial charge in [-0.2, -0.15) is 5.10 Å². The Bertz CT molecular complexity index is 1310. The summed E-state index contributed by atoms with van der Waals surface area (Å²) in [5.41, 5.74) is 0.824. The Morgan fingerprint density at radius 2 is 1.79 bits per heavy atom. The summed E-state index contributed by atoms with van der Waals surface area (Å²) in [4.78, 5) is 23.6. The normalized spacial score (nSPS) is 11.4. The van der Waals surface area contributed by atoms with Crippen molar-refractivity contribution in [2.45, 2.75) is 19.8 Å². The van der Waals surface area contributed by atoms with E-state index in [0.717, 1.165) is 4.57 Å². The number of aromatic amines is 1. The summed E-state index contributed by atoms with van der Waals surface area (Å²) in [5, 5.41) is 37.4. The Hall–Kier alpha value is -4.01. The first kappa shape index (κ1) is 18.4. The maximum atomic E-state index is 12.5. The lowest BCUT2D eigenvalue weighted by Gasteiger charge is -2.13. The Morgan fingerprint density at radius 1 is 1.07 bits per heavy atom. The maximum Gasteiger partial charge on any atom is 0.415 e. The van der Waals surface area contributed by atoms with Crippen LogP contribution in [0.25, 0.3) is 27.8 Å². The van der Waals surface area contributed by atoms with Crippen LogP contribution in [0.2, 0.25) is 0 Å². The Kier molecular flexibility index (Phi) is 4.15. The lowest BCUT2D eigenvalue weighted by molar-refractivity contribution is 0.196. The number of nitrogens with zero attached hydrogens (tertiary/aromatic N) is 3. The SMILES string of the molecule is CC(C)c1cc(-c2n[nH]c(=O)n2-c2ccc3cn(C(=O)O)cc3c2)c(O)cc1O. The van der Waals surface area contributed by atoms with E-state index in [4.69, 9.17) is 5.11 Å². The monoisotopic (exact) mass is 394 g/mol. The van der Waals surface area contributed by atoms with Crippen molar-refractivity contribution in [3.8, 4) is 28.6 Å². The summed E-state index contributed by atoms with van der Waals surface area (Å²) in [6, 6.07) is 7.85. The highest BCUT2D eigenvalue weighted by molar-refractivity contribution is 5.88. The number of nitrogens with one attached hydrogen (secondary N) is 1. The second-order valence-corrected chi connectivity index (χ2v) is 7.03. The maximum absolute atomic E-state index is 12.5. The predicted octanol–water partition coefficient (Wildman–Crippen LogP) is 3.24. The number of H-pyrrole nitrogens is 1. The van der Waals surface area contributed by atoms with Crippen LogP contribution >= 0.6 is 0 Å². The molecule has 0 fully saturated rings. The summed E-state index contributed by atoms with van der Waals surface area (Å²) in [7, 11) is 0. The van der Waals surface area contributed by atoms with Gasteiger partial charge in [0.05, 0.1) is 11.3 Å². The zero-order valence-electron chi connectivity index (χ0n) is 15.6. The molecule has 0 aliphatic carbocycles. The number of aromatic nitrogens is 4. The average Bonchev–Trinajstić information content (AvgIpc) is 3.24. The highest BCUT2D eigenvalue weighted by Crippen LogP contribution is 2.37. The first-order valence-corrected chi connectivity index (χ1v) is 8.85. The van der Waals surface area contributed by atoms with E-state index < -0.39 is 11.8 Å². The lowest BCUT2D eigenvalue weighted by Crippen LogP contribution is -2.15.